The minimum Gasteiger partial charge on any atom is -0.493 e. The molecule has 0 aromatic heterocycles. The van der Waals surface area contributed by atoms with Crippen LogP contribution >= 0.6 is 11.6 Å². The van der Waals surface area contributed by atoms with E-state index in [1.54, 1.807) is 6.07 Å². The van der Waals surface area contributed by atoms with Crippen molar-refractivity contribution in [3.8, 4) is 11.5 Å². The second-order valence-electron chi connectivity index (χ2n) is 4.27. The smallest absolute Gasteiger partial charge is 0.208 e. The van der Waals surface area contributed by atoms with Gasteiger partial charge in [0, 0.05) is 17.5 Å². The van der Waals surface area contributed by atoms with E-state index in [9.17, 15) is 4.39 Å². The van der Waals surface area contributed by atoms with Crippen LogP contribution < -0.4 is 15.2 Å². The summed E-state index contributed by atoms with van der Waals surface area (Å²) in [7, 11) is 2.81. The number of rotatable bonds is 4. The fourth-order valence-corrected chi connectivity index (χ4v) is 2.37. The summed E-state index contributed by atoms with van der Waals surface area (Å²) in [4.78, 5) is 0. The summed E-state index contributed by atoms with van der Waals surface area (Å²) in [6, 6.07) is 1.70. The largest absolute Gasteiger partial charge is 0.493 e. The maximum absolute atomic E-state index is 14.1. The Morgan fingerprint density at radius 2 is 1.94 bits per heavy atom. The van der Waals surface area contributed by atoms with Gasteiger partial charge in [0.25, 0.3) is 0 Å². The summed E-state index contributed by atoms with van der Waals surface area (Å²) >= 11 is 5.99. The summed E-state index contributed by atoms with van der Waals surface area (Å²) < 4.78 is 24.2. The first-order chi connectivity index (χ1) is 8.09. The van der Waals surface area contributed by atoms with Gasteiger partial charge in [0.05, 0.1) is 19.2 Å². The third kappa shape index (κ3) is 1.85. The molecule has 1 aromatic rings. The first-order valence-electron chi connectivity index (χ1n) is 5.40. The summed E-state index contributed by atoms with van der Waals surface area (Å²) in [5, 5.41) is 0.250. The van der Waals surface area contributed by atoms with Gasteiger partial charge in [-0.15, -0.1) is 0 Å². The van der Waals surface area contributed by atoms with Crippen molar-refractivity contribution in [3.63, 3.8) is 0 Å². The Bertz CT molecular complexity index is 447. The number of nitrogens with two attached hydrogens (primary N) is 1. The van der Waals surface area contributed by atoms with E-state index >= 15 is 0 Å². The summed E-state index contributed by atoms with van der Waals surface area (Å²) in [5.41, 5.74) is 6.31. The van der Waals surface area contributed by atoms with Crippen LogP contribution in [0.4, 0.5) is 4.39 Å². The predicted molar refractivity (Wildman–Crippen MR) is 64.5 cm³/mol. The molecule has 2 N–H and O–H groups in total. The Labute approximate surface area is 105 Å². The second-order valence-corrected chi connectivity index (χ2v) is 4.68. The molecule has 1 aromatic carbocycles. The van der Waals surface area contributed by atoms with E-state index in [1.807, 2.05) is 0 Å². The van der Waals surface area contributed by atoms with Gasteiger partial charge in [0.1, 0.15) is 0 Å². The van der Waals surface area contributed by atoms with Gasteiger partial charge in [-0.1, -0.05) is 11.6 Å². The highest BCUT2D eigenvalue weighted by Crippen LogP contribution is 2.53. The fraction of sp³-hybridized carbons (Fsp3) is 0.500. The van der Waals surface area contributed by atoms with Crippen molar-refractivity contribution in [1.82, 2.24) is 0 Å². The van der Waals surface area contributed by atoms with E-state index in [2.05, 4.69) is 0 Å². The summed E-state index contributed by atoms with van der Waals surface area (Å²) in [5.74, 6) is -0.355. The van der Waals surface area contributed by atoms with Crippen molar-refractivity contribution >= 4 is 11.6 Å². The van der Waals surface area contributed by atoms with Gasteiger partial charge in [-0.25, -0.2) is 0 Å². The molecule has 1 fully saturated rings. The Morgan fingerprint density at radius 1 is 1.35 bits per heavy atom. The molecule has 0 unspecified atom stereocenters. The molecule has 0 bridgehead atoms. The molecular formula is C12H15ClFNO2. The number of methoxy groups -OCH3 is 2. The maximum atomic E-state index is 14.1. The van der Waals surface area contributed by atoms with E-state index in [0.29, 0.717) is 6.54 Å². The molecular weight excluding hydrogens is 245 g/mol. The molecule has 0 amide bonds. The normalized spacial score (nSPS) is 16.8. The molecule has 5 heteroatoms. The highest BCUT2D eigenvalue weighted by molar-refractivity contribution is 6.32. The standard InChI is InChI=1S/C12H15ClFNO2/c1-16-10-7(12(6-15)3-4-12)5-8(13)11(17-2)9(10)14/h5H,3-4,6,15H2,1-2H3. The molecule has 0 aliphatic heterocycles. The Kier molecular flexibility index (Phi) is 3.19. The van der Waals surface area contributed by atoms with Crippen molar-refractivity contribution in [1.29, 1.82) is 0 Å². The topological polar surface area (TPSA) is 44.5 Å². The Balaban J connectivity index is 2.60. The first kappa shape index (κ1) is 12.5. The number of hydrogen-bond donors (Lipinski definition) is 1. The fourth-order valence-electron chi connectivity index (χ4n) is 2.10. The first-order valence-corrected chi connectivity index (χ1v) is 5.78. The minimum atomic E-state index is -0.558. The van der Waals surface area contributed by atoms with Crippen molar-refractivity contribution in [2.75, 3.05) is 20.8 Å². The van der Waals surface area contributed by atoms with Crippen LogP contribution in [-0.4, -0.2) is 20.8 Å². The predicted octanol–water partition coefficient (Wildman–Crippen LogP) is 2.49. The quantitative estimate of drug-likeness (QED) is 0.904. The van der Waals surface area contributed by atoms with Gasteiger partial charge < -0.3 is 15.2 Å². The molecule has 1 saturated carbocycles. The average molecular weight is 260 g/mol. The SMILES string of the molecule is COc1c(Cl)cc(C2(CN)CC2)c(OC)c1F. The van der Waals surface area contributed by atoms with Gasteiger partial charge in [-0.05, 0) is 18.9 Å². The molecule has 94 valence electrons. The number of ether oxygens (including phenoxy) is 2. The molecule has 1 aliphatic rings. The van der Waals surface area contributed by atoms with Crippen molar-refractivity contribution in [2.45, 2.75) is 18.3 Å². The highest BCUT2D eigenvalue weighted by atomic mass is 35.5. The third-order valence-corrected chi connectivity index (χ3v) is 3.64. The number of benzene rings is 1. The Morgan fingerprint density at radius 3 is 2.35 bits per heavy atom. The van der Waals surface area contributed by atoms with Crippen LogP contribution in [0.5, 0.6) is 11.5 Å². The zero-order valence-electron chi connectivity index (χ0n) is 9.85. The van der Waals surface area contributed by atoms with Crippen LogP contribution in [0.15, 0.2) is 6.07 Å². The van der Waals surface area contributed by atoms with Crippen LogP contribution in [0.1, 0.15) is 18.4 Å². The van der Waals surface area contributed by atoms with Crippen LogP contribution in [0, 0.1) is 5.82 Å². The average Bonchev–Trinajstić information content (AvgIpc) is 3.10. The molecule has 1 aliphatic carbocycles. The molecule has 2 rings (SSSR count). The molecule has 0 saturated heterocycles. The van der Waals surface area contributed by atoms with Gasteiger partial charge in [0.15, 0.2) is 11.5 Å². The van der Waals surface area contributed by atoms with E-state index in [0.717, 1.165) is 18.4 Å². The van der Waals surface area contributed by atoms with Gasteiger partial charge in [0.2, 0.25) is 5.82 Å². The van der Waals surface area contributed by atoms with E-state index in [4.69, 9.17) is 26.8 Å². The lowest BCUT2D eigenvalue weighted by Crippen LogP contribution is -2.21. The highest BCUT2D eigenvalue weighted by Gasteiger charge is 2.46. The lowest BCUT2D eigenvalue weighted by Gasteiger charge is -2.19. The van der Waals surface area contributed by atoms with Crippen LogP contribution in [0.2, 0.25) is 5.02 Å². The van der Waals surface area contributed by atoms with E-state index in [1.165, 1.54) is 14.2 Å². The molecule has 0 radical (unpaired) electrons. The Hall–Kier alpha value is -1.00. The maximum Gasteiger partial charge on any atom is 0.208 e. The third-order valence-electron chi connectivity index (χ3n) is 3.36. The van der Waals surface area contributed by atoms with Crippen molar-refractivity contribution in [2.24, 2.45) is 5.73 Å². The van der Waals surface area contributed by atoms with Gasteiger partial charge in [-0.2, -0.15) is 4.39 Å². The molecule has 0 heterocycles. The lowest BCUT2D eigenvalue weighted by atomic mass is 9.94. The van der Waals surface area contributed by atoms with Gasteiger partial charge >= 0.3 is 0 Å². The monoisotopic (exact) mass is 259 g/mol. The van der Waals surface area contributed by atoms with Crippen LogP contribution in [-0.2, 0) is 5.41 Å². The second kappa shape index (κ2) is 4.35. The summed E-state index contributed by atoms with van der Waals surface area (Å²) in [6.07, 6.45) is 1.86. The van der Waals surface area contributed by atoms with E-state index in [-0.39, 0.29) is 21.9 Å². The van der Waals surface area contributed by atoms with Crippen LogP contribution in [0.25, 0.3) is 0 Å². The minimum absolute atomic E-state index is 0.0140. The molecule has 0 spiro atoms. The molecule has 3 nitrogen and oxygen atoms in total. The van der Waals surface area contributed by atoms with E-state index < -0.39 is 5.82 Å². The molecule has 17 heavy (non-hydrogen) atoms. The number of halogens is 2. The van der Waals surface area contributed by atoms with Gasteiger partial charge in [-0.3, -0.25) is 0 Å². The number of hydrogen-bond acceptors (Lipinski definition) is 3. The zero-order valence-corrected chi connectivity index (χ0v) is 10.6. The lowest BCUT2D eigenvalue weighted by molar-refractivity contribution is 0.344. The van der Waals surface area contributed by atoms with Crippen molar-refractivity contribution < 1.29 is 13.9 Å². The zero-order chi connectivity index (χ0) is 12.6. The summed E-state index contributed by atoms with van der Waals surface area (Å²) in [6.45, 7) is 0.464. The molecule has 0 atom stereocenters. The van der Waals surface area contributed by atoms with Crippen LogP contribution in [0.3, 0.4) is 0 Å². The van der Waals surface area contributed by atoms with Crippen molar-refractivity contribution in [3.05, 3.63) is 22.5 Å².